The number of unbranched alkanes of at least 4 members (excludes halogenated alkanes) is 20. The molecule has 0 bridgehead atoms. The highest BCUT2D eigenvalue weighted by Crippen LogP contribution is 2.18. The van der Waals surface area contributed by atoms with Crippen LogP contribution in [0.25, 0.3) is 6.08 Å². The summed E-state index contributed by atoms with van der Waals surface area (Å²) >= 11 is 0. The Morgan fingerprint density at radius 3 is 1.20 bits per heavy atom. The fraction of sp³-hybridized carbons (Fsp3) is 0.634. The molecule has 0 N–H and O–H groups in total. The summed E-state index contributed by atoms with van der Waals surface area (Å²) in [6, 6.07) is 15.5. The van der Waals surface area contributed by atoms with Crippen molar-refractivity contribution >= 4 is 11.9 Å². The first kappa shape index (κ1) is 37.6. The Balaban J connectivity index is 1.50. The zero-order chi connectivity index (χ0) is 31.3. The number of hydrogen-bond donors (Lipinski definition) is 0. The number of carbonyl (C=O) groups excluding carboxylic acids is 1. The van der Waals surface area contributed by atoms with Crippen molar-refractivity contribution in [1.29, 1.82) is 0 Å². The van der Waals surface area contributed by atoms with Crippen molar-refractivity contribution in [2.75, 3.05) is 13.2 Å². The van der Waals surface area contributed by atoms with Crippen LogP contribution in [0.5, 0.6) is 11.5 Å². The van der Waals surface area contributed by atoms with Crippen molar-refractivity contribution in [2.45, 2.75) is 155 Å². The average Bonchev–Trinajstić information content (AvgIpc) is 3.05. The van der Waals surface area contributed by atoms with Crippen LogP contribution in [0.3, 0.4) is 0 Å². The van der Waals surface area contributed by atoms with Gasteiger partial charge in [0.15, 0.2) is 5.78 Å². The average molecular weight is 605 g/mol. The third-order valence-electron chi connectivity index (χ3n) is 8.48. The molecule has 0 spiro atoms. The van der Waals surface area contributed by atoms with Gasteiger partial charge in [-0.1, -0.05) is 160 Å². The van der Waals surface area contributed by atoms with Crippen LogP contribution in [0.1, 0.15) is 171 Å². The molecule has 0 atom stereocenters. The van der Waals surface area contributed by atoms with Crippen LogP contribution in [0.15, 0.2) is 54.6 Å². The van der Waals surface area contributed by atoms with Crippen molar-refractivity contribution in [1.82, 2.24) is 0 Å². The monoisotopic (exact) mass is 604 g/mol. The van der Waals surface area contributed by atoms with Crippen molar-refractivity contribution in [2.24, 2.45) is 0 Å². The van der Waals surface area contributed by atoms with E-state index in [4.69, 9.17) is 9.47 Å². The minimum atomic E-state index is -0.00208. The lowest BCUT2D eigenvalue weighted by molar-refractivity contribution is 0.104. The highest BCUT2D eigenvalue weighted by molar-refractivity contribution is 6.06. The van der Waals surface area contributed by atoms with Crippen LogP contribution in [-0.2, 0) is 0 Å². The molecule has 2 aromatic carbocycles. The SMILES string of the molecule is CCCCCCCCCCCCCCCCOc1ccc(/C=C/C(=O)c2ccc(OCCCCCCCCCC)cc2)cc1. The standard InChI is InChI=1S/C41H64O3/c1-3-5-7-9-11-13-14-15-16-17-18-20-22-23-35-43-39-30-25-37(26-31-39)27-34-41(42)38-28-32-40(33-29-38)44-36-24-21-19-12-10-8-6-4-2/h25-34H,3-24,35-36H2,1-2H3/b34-27+. The van der Waals surface area contributed by atoms with E-state index in [1.54, 1.807) is 6.08 Å². The van der Waals surface area contributed by atoms with E-state index >= 15 is 0 Å². The Kier molecular flexibility index (Phi) is 22.9. The van der Waals surface area contributed by atoms with Gasteiger partial charge in [-0.3, -0.25) is 4.79 Å². The number of benzene rings is 2. The highest BCUT2D eigenvalue weighted by atomic mass is 16.5. The Bertz CT molecular complexity index is 960. The fourth-order valence-electron chi connectivity index (χ4n) is 5.57. The molecule has 0 saturated carbocycles. The molecule has 0 aliphatic rings. The van der Waals surface area contributed by atoms with Crippen LogP contribution < -0.4 is 9.47 Å². The zero-order valence-corrected chi connectivity index (χ0v) is 28.5. The Morgan fingerprint density at radius 1 is 0.477 bits per heavy atom. The number of allylic oxidation sites excluding steroid dienone is 1. The molecule has 2 rings (SSSR count). The number of ketones is 1. The van der Waals surface area contributed by atoms with Gasteiger partial charge in [-0.25, -0.2) is 0 Å². The summed E-state index contributed by atoms with van der Waals surface area (Å²) in [4.78, 5) is 12.6. The molecule has 0 fully saturated rings. The van der Waals surface area contributed by atoms with Gasteiger partial charge in [0.2, 0.25) is 0 Å². The molecule has 2 aromatic rings. The zero-order valence-electron chi connectivity index (χ0n) is 28.5. The highest BCUT2D eigenvalue weighted by Gasteiger charge is 2.03. The van der Waals surface area contributed by atoms with Crippen LogP contribution in [0.4, 0.5) is 0 Å². The molecule has 0 aromatic heterocycles. The summed E-state index contributed by atoms with van der Waals surface area (Å²) in [5.41, 5.74) is 1.67. The van der Waals surface area contributed by atoms with E-state index < -0.39 is 0 Å². The summed E-state index contributed by atoms with van der Waals surface area (Å²) < 4.78 is 11.8. The summed E-state index contributed by atoms with van der Waals surface area (Å²) in [7, 11) is 0. The molecule has 0 saturated heterocycles. The largest absolute Gasteiger partial charge is 0.494 e. The lowest BCUT2D eigenvalue weighted by atomic mass is 10.0. The van der Waals surface area contributed by atoms with E-state index in [1.807, 2.05) is 54.6 Å². The molecular weight excluding hydrogens is 540 g/mol. The predicted molar refractivity (Wildman–Crippen MR) is 190 cm³/mol. The molecule has 44 heavy (non-hydrogen) atoms. The van der Waals surface area contributed by atoms with Crippen molar-refractivity contribution in [3.05, 3.63) is 65.7 Å². The molecule has 0 radical (unpaired) electrons. The molecule has 0 amide bonds. The molecule has 0 unspecified atom stereocenters. The van der Waals surface area contributed by atoms with E-state index in [0.717, 1.165) is 43.1 Å². The predicted octanol–water partition coefficient (Wildman–Crippen LogP) is 13.0. The van der Waals surface area contributed by atoms with Crippen LogP contribution in [-0.4, -0.2) is 19.0 Å². The Labute approximate surface area is 271 Å². The van der Waals surface area contributed by atoms with Gasteiger partial charge in [0.1, 0.15) is 11.5 Å². The smallest absolute Gasteiger partial charge is 0.185 e. The summed E-state index contributed by atoms with van der Waals surface area (Å²) in [6.45, 7) is 6.05. The van der Waals surface area contributed by atoms with E-state index in [1.165, 1.54) is 128 Å². The van der Waals surface area contributed by atoms with Crippen LogP contribution in [0.2, 0.25) is 0 Å². The Hall–Kier alpha value is -2.55. The van der Waals surface area contributed by atoms with E-state index in [9.17, 15) is 4.79 Å². The summed E-state index contributed by atoms with van der Waals surface area (Å²) in [5.74, 6) is 1.72. The summed E-state index contributed by atoms with van der Waals surface area (Å²) in [5, 5.41) is 0. The number of ether oxygens (including phenoxy) is 2. The second kappa shape index (κ2) is 26.8. The normalized spacial score (nSPS) is 11.3. The quantitative estimate of drug-likeness (QED) is 0.0526. The van der Waals surface area contributed by atoms with E-state index in [2.05, 4.69) is 13.8 Å². The molecule has 246 valence electrons. The minimum Gasteiger partial charge on any atom is -0.494 e. The fourth-order valence-corrected chi connectivity index (χ4v) is 5.57. The van der Waals surface area contributed by atoms with Gasteiger partial charge >= 0.3 is 0 Å². The van der Waals surface area contributed by atoms with Gasteiger partial charge in [-0.05, 0) is 60.9 Å². The second-order valence-electron chi connectivity index (χ2n) is 12.6. The number of carbonyl (C=O) groups is 1. The van der Waals surface area contributed by atoms with Gasteiger partial charge in [0, 0.05) is 5.56 Å². The number of rotatable bonds is 29. The first-order valence-corrected chi connectivity index (χ1v) is 18.4. The van der Waals surface area contributed by atoms with Crippen LogP contribution in [0, 0.1) is 0 Å². The third-order valence-corrected chi connectivity index (χ3v) is 8.48. The molecule has 3 heteroatoms. The second-order valence-corrected chi connectivity index (χ2v) is 12.6. The maximum atomic E-state index is 12.6. The van der Waals surface area contributed by atoms with E-state index in [0.29, 0.717) is 5.56 Å². The Morgan fingerprint density at radius 2 is 0.818 bits per heavy atom. The van der Waals surface area contributed by atoms with Gasteiger partial charge in [-0.2, -0.15) is 0 Å². The topological polar surface area (TPSA) is 35.5 Å². The molecule has 3 nitrogen and oxygen atoms in total. The first-order chi connectivity index (χ1) is 21.7. The van der Waals surface area contributed by atoms with Crippen molar-refractivity contribution < 1.29 is 14.3 Å². The summed E-state index contributed by atoms with van der Waals surface area (Å²) in [6.07, 6.45) is 33.0. The lowest BCUT2D eigenvalue weighted by Crippen LogP contribution is -1.99. The van der Waals surface area contributed by atoms with Gasteiger partial charge < -0.3 is 9.47 Å². The molecule has 0 aliphatic heterocycles. The van der Waals surface area contributed by atoms with E-state index in [-0.39, 0.29) is 5.78 Å². The van der Waals surface area contributed by atoms with Gasteiger partial charge in [0.05, 0.1) is 13.2 Å². The third kappa shape index (κ3) is 19.7. The number of hydrogen-bond acceptors (Lipinski definition) is 3. The lowest BCUT2D eigenvalue weighted by Gasteiger charge is -2.07. The maximum absolute atomic E-state index is 12.6. The van der Waals surface area contributed by atoms with Crippen molar-refractivity contribution in [3.8, 4) is 11.5 Å². The minimum absolute atomic E-state index is 0.00208. The molecular formula is C41H64O3. The van der Waals surface area contributed by atoms with Gasteiger partial charge in [0.25, 0.3) is 0 Å². The van der Waals surface area contributed by atoms with Crippen LogP contribution >= 0.6 is 0 Å². The van der Waals surface area contributed by atoms with Gasteiger partial charge in [-0.15, -0.1) is 0 Å². The molecule has 0 aliphatic carbocycles. The molecule has 0 heterocycles. The maximum Gasteiger partial charge on any atom is 0.185 e. The first-order valence-electron chi connectivity index (χ1n) is 18.4. The van der Waals surface area contributed by atoms with Crippen molar-refractivity contribution in [3.63, 3.8) is 0 Å².